The second-order valence-corrected chi connectivity index (χ2v) is 6.09. The molecule has 4 aliphatic heterocycles. The molecule has 23 heavy (non-hydrogen) atoms. The molecule has 2 bridgehead atoms. The average Bonchev–Trinajstić information content (AvgIpc) is 3.32. The zero-order chi connectivity index (χ0) is 15.6. The van der Waals surface area contributed by atoms with Crippen molar-refractivity contribution in [1.29, 1.82) is 0 Å². The molecule has 4 aliphatic rings. The number of amides is 2. The smallest absolute Gasteiger partial charge is 0.241 e. The molecular weight excluding hydrogens is 300 g/mol. The molecule has 118 valence electrons. The van der Waals surface area contributed by atoms with Gasteiger partial charge in [0.2, 0.25) is 11.8 Å². The van der Waals surface area contributed by atoms with Crippen molar-refractivity contribution < 1.29 is 23.8 Å². The summed E-state index contributed by atoms with van der Waals surface area (Å²) in [6.45, 7) is 0.920. The van der Waals surface area contributed by atoms with E-state index in [1.54, 1.807) is 24.5 Å². The van der Waals surface area contributed by atoms with Crippen molar-refractivity contribution in [3.05, 3.63) is 36.7 Å². The highest BCUT2D eigenvalue weighted by atomic mass is 16.7. The lowest BCUT2D eigenvalue weighted by Crippen LogP contribution is -2.49. The Morgan fingerprint density at radius 1 is 1.13 bits per heavy atom. The number of imide groups is 1. The molecule has 4 atom stereocenters. The molecule has 1 aromatic rings. The van der Waals surface area contributed by atoms with E-state index >= 15 is 0 Å². The maximum Gasteiger partial charge on any atom is 0.241 e. The number of anilines is 1. The second kappa shape index (κ2) is 4.47. The van der Waals surface area contributed by atoms with Crippen LogP contribution in [0.4, 0.5) is 5.69 Å². The van der Waals surface area contributed by atoms with Crippen LogP contribution in [0.5, 0.6) is 0 Å². The first-order valence-electron chi connectivity index (χ1n) is 7.60. The standard InChI is InChI=1S/C16H14N2O5/c19-13-11-10-1-4-16(23-10,15-21-7-8-22-15)12(11)14(20)18(13)9-2-5-17-6-3-9/h1-6,10-12,15H,7-8H2/t10-,11-,12-,16-/m1/s1. The monoisotopic (exact) mass is 314 g/mol. The molecule has 0 N–H and O–H groups in total. The Hall–Kier alpha value is -2.09. The van der Waals surface area contributed by atoms with Gasteiger partial charge in [0.1, 0.15) is 0 Å². The van der Waals surface area contributed by atoms with Gasteiger partial charge >= 0.3 is 0 Å². The highest BCUT2D eigenvalue weighted by Gasteiger charge is 2.71. The first kappa shape index (κ1) is 13.4. The van der Waals surface area contributed by atoms with Gasteiger partial charge in [-0.05, 0) is 18.2 Å². The minimum absolute atomic E-state index is 0.236. The molecule has 1 aromatic heterocycles. The van der Waals surface area contributed by atoms with E-state index in [1.165, 1.54) is 4.90 Å². The quantitative estimate of drug-likeness (QED) is 0.576. The Morgan fingerprint density at radius 2 is 1.87 bits per heavy atom. The van der Waals surface area contributed by atoms with Crippen molar-refractivity contribution in [2.75, 3.05) is 18.1 Å². The van der Waals surface area contributed by atoms with Crippen LogP contribution in [0.2, 0.25) is 0 Å². The van der Waals surface area contributed by atoms with Gasteiger partial charge in [-0.3, -0.25) is 14.6 Å². The minimum atomic E-state index is -1.000. The largest absolute Gasteiger partial charge is 0.357 e. The van der Waals surface area contributed by atoms with Gasteiger partial charge in [0.25, 0.3) is 0 Å². The number of rotatable bonds is 2. The summed E-state index contributed by atoms with van der Waals surface area (Å²) in [6.07, 6.45) is 5.74. The predicted molar refractivity (Wildman–Crippen MR) is 76.1 cm³/mol. The van der Waals surface area contributed by atoms with Gasteiger partial charge < -0.3 is 14.2 Å². The van der Waals surface area contributed by atoms with E-state index in [1.807, 2.05) is 12.2 Å². The Labute approximate surface area is 131 Å². The summed E-state index contributed by atoms with van der Waals surface area (Å²) in [7, 11) is 0. The van der Waals surface area contributed by atoms with E-state index in [0.29, 0.717) is 18.9 Å². The third-order valence-corrected chi connectivity index (χ3v) is 4.99. The fraction of sp³-hybridized carbons (Fsp3) is 0.438. The first-order valence-corrected chi connectivity index (χ1v) is 7.60. The number of ether oxygens (including phenoxy) is 3. The van der Waals surface area contributed by atoms with Crippen LogP contribution in [0, 0.1) is 11.8 Å². The molecule has 0 saturated carbocycles. The van der Waals surface area contributed by atoms with Crippen LogP contribution in [0.1, 0.15) is 0 Å². The molecule has 2 amide bonds. The molecule has 0 unspecified atom stereocenters. The topological polar surface area (TPSA) is 78.0 Å². The van der Waals surface area contributed by atoms with Crippen LogP contribution >= 0.6 is 0 Å². The summed E-state index contributed by atoms with van der Waals surface area (Å²) in [5.41, 5.74) is -0.465. The van der Waals surface area contributed by atoms with Gasteiger partial charge in [-0.25, -0.2) is 4.90 Å². The number of aromatic nitrogens is 1. The van der Waals surface area contributed by atoms with Gasteiger partial charge in [-0.2, -0.15) is 0 Å². The van der Waals surface area contributed by atoms with Gasteiger partial charge in [0.15, 0.2) is 11.9 Å². The minimum Gasteiger partial charge on any atom is -0.357 e. The number of fused-ring (bicyclic) bond motifs is 5. The molecule has 0 spiro atoms. The van der Waals surface area contributed by atoms with Gasteiger partial charge in [-0.1, -0.05) is 6.08 Å². The lowest BCUT2D eigenvalue weighted by Gasteiger charge is -2.32. The average molecular weight is 314 g/mol. The Kier molecular flexibility index (Phi) is 2.60. The van der Waals surface area contributed by atoms with Crippen LogP contribution in [0.15, 0.2) is 36.7 Å². The Bertz CT molecular complexity index is 714. The number of carbonyl (C=O) groups is 2. The van der Waals surface area contributed by atoms with E-state index in [2.05, 4.69) is 4.98 Å². The van der Waals surface area contributed by atoms with Crippen LogP contribution < -0.4 is 4.90 Å². The summed E-state index contributed by atoms with van der Waals surface area (Å²) in [5, 5.41) is 0. The lowest BCUT2D eigenvalue weighted by atomic mass is 9.76. The van der Waals surface area contributed by atoms with E-state index in [0.717, 1.165) is 0 Å². The van der Waals surface area contributed by atoms with E-state index in [9.17, 15) is 9.59 Å². The van der Waals surface area contributed by atoms with Crippen molar-refractivity contribution in [3.8, 4) is 0 Å². The maximum atomic E-state index is 13.0. The third-order valence-electron chi connectivity index (χ3n) is 4.99. The lowest BCUT2D eigenvalue weighted by molar-refractivity contribution is -0.180. The SMILES string of the molecule is O=C1[C@@H]2[C@H]3C=C[C@@](C4OCCO4)(O3)[C@H]2C(=O)N1c1ccncc1. The number of hydrogen-bond acceptors (Lipinski definition) is 6. The predicted octanol–water partition coefficient (Wildman–Crippen LogP) is 0.267. The fourth-order valence-corrected chi connectivity index (χ4v) is 4.07. The molecule has 7 nitrogen and oxygen atoms in total. The fourth-order valence-electron chi connectivity index (χ4n) is 4.07. The number of carbonyl (C=O) groups excluding carboxylic acids is 2. The van der Waals surface area contributed by atoms with Crippen molar-refractivity contribution in [2.24, 2.45) is 11.8 Å². The molecule has 5 heterocycles. The van der Waals surface area contributed by atoms with E-state index in [4.69, 9.17) is 14.2 Å². The summed E-state index contributed by atoms with van der Waals surface area (Å²) < 4.78 is 17.2. The summed E-state index contributed by atoms with van der Waals surface area (Å²) in [4.78, 5) is 31.0. The molecule has 0 aromatic carbocycles. The van der Waals surface area contributed by atoms with Crippen LogP contribution in [0.3, 0.4) is 0 Å². The first-order chi connectivity index (χ1) is 11.2. The molecule has 7 heteroatoms. The van der Waals surface area contributed by atoms with Crippen molar-refractivity contribution in [1.82, 2.24) is 4.98 Å². The zero-order valence-corrected chi connectivity index (χ0v) is 12.1. The normalized spacial score (nSPS) is 38.8. The highest BCUT2D eigenvalue weighted by Crippen LogP contribution is 2.54. The van der Waals surface area contributed by atoms with Crippen molar-refractivity contribution in [3.63, 3.8) is 0 Å². The molecule has 3 fully saturated rings. The highest BCUT2D eigenvalue weighted by molar-refractivity contribution is 6.23. The third kappa shape index (κ3) is 1.56. The summed E-state index contributed by atoms with van der Waals surface area (Å²) in [5.74, 6) is -1.63. The van der Waals surface area contributed by atoms with Gasteiger partial charge in [0, 0.05) is 12.4 Å². The van der Waals surface area contributed by atoms with Crippen molar-refractivity contribution in [2.45, 2.75) is 18.0 Å². The number of nitrogens with zero attached hydrogens (tertiary/aromatic N) is 2. The number of hydrogen-bond donors (Lipinski definition) is 0. The molecular formula is C16H14N2O5. The molecule has 0 radical (unpaired) electrons. The van der Waals surface area contributed by atoms with Gasteiger partial charge in [0.05, 0.1) is 36.8 Å². The van der Waals surface area contributed by atoms with Crippen LogP contribution in [-0.4, -0.2) is 48.0 Å². The maximum absolute atomic E-state index is 13.0. The second-order valence-electron chi connectivity index (χ2n) is 6.09. The summed E-state index contributed by atoms with van der Waals surface area (Å²) in [6, 6.07) is 3.31. The van der Waals surface area contributed by atoms with E-state index in [-0.39, 0.29) is 11.8 Å². The van der Waals surface area contributed by atoms with Crippen LogP contribution in [-0.2, 0) is 23.8 Å². The Morgan fingerprint density at radius 3 is 2.61 bits per heavy atom. The van der Waals surface area contributed by atoms with Crippen LogP contribution in [0.25, 0.3) is 0 Å². The van der Waals surface area contributed by atoms with Crippen molar-refractivity contribution >= 4 is 17.5 Å². The van der Waals surface area contributed by atoms with E-state index < -0.39 is 29.8 Å². The Balaban J connectivity index is 1.58. The molecule has 0 aliphatic carbocycles. The summed E-state index contributed by atoms with van der Waals surface area (Å²) >= 11 is 0. The molecule has 5 rings (SSSR count). The van der Waals surface area contributed by atoms with Gasteiger partial charge in [-0.15, -0.1) is 0 Å². The zero-order valence-electron chi connectivity index (χ0n) is 12.1. The molecule has 3 saturated heterocycles. The number of pyridine rings is 1.